The first-order valence-electron chi connectivity index (χ1n) is 5.41. The van der Waals surface area contributed by atoms with Crippen LogP contribution < -0.4 is 10.5 Å². The molecule has 0 amide bonds. The van der Waals surface area contributed by atoms with Gasteiger partial charge in [0.25, 0.3) is 0 Å². The van der Waals surface area contributed by atoms with Crippen molar-refractivity contribution in [3.8, 4) is 11.6 Å². The van der Waals surface area contributed by atoms with Crippen molar-refractivity contribution >= 4 is 27.5 Å². The first-order valence-corrected chi connectivity index (χ1v) is 6.58. The van der Waals surface area contributed by atoms with Gasteiger partial charge in [-0.05, 0) is 31.2 Å². The summed E-state index contributed by atoms with van der Waals surface area (Å²) in [5.74, 6) is 1.03. The minimum atomic E-state index is -0.153. The quantitative estimate of drug-likeness (QED) is 0.914. The van der Waals surface area contributed by atoms with Gasteiger partial charge in [0.2, 0.25) is 5.88 Å². The fourth-order valence-corrected chi connectivity index (χ4v) is 1.99. The highest BCUT2D eigenvalue weighted by molar-refractivity contribution is 9.10. The van der Waals surface area contributed by atoms with Crippen LogP contribution in [0.1, 0.15) is 18.5 Å². The lowest BCUT2D eigenvalue weighted by Gasteiger charge is -2.13. The van der Waals surface area contributed by atoms with E-state index in [0.29, 0.717) is 16.7 Å². The summed E-state index contributed by atoms with van der Waals surface area (Å²) < 4.78 is 6.62. The highest BCUT2D eigenvalue weighted by atomic mass is 79.9. The Kier molecular flexibility index (Phi) is 4.22. The second-order valence-corrected chi connectivity index (χ2v) is 5.19. The first-order chi connectivity index (χ1) is 8.58. The van der Waals surface area contributed by atoms with Gasteiger partial charge in [0.1, 0.15) is 5.75 Å². The average molecular weight is 328 g/mol. The number of pyridine rings is 1. The van der Waals surface area contributed by atoms with Crippen LogP contribution in [0.3, 0.4) is 0 Å². The molecule has 1 aromatic carbocycles. The molecule has 0 aliphatic rings. The number of hydrogen-bond acceptors (Lipinski definition) is 3. The number of benzene rings is 1. The fraction of sp³-hybridized carbons (Fsp3) is 0.154. The fourth-order valence-electron chi connectivity index (χ4n) is 1.49. The molecule has 0 aliphatic carbocycles. The summed E-state index contributed by atoms with van der Waals surface area (Å²) in [6.45, 7) is 1.88. The smallest absolute Gasteiger partial charge is 0.224 e. The normalized spacial score (nSPS) is 12.2. The van der Waals surface area contributed by atoms with Crippen molar-refractivity contribution in [1.82, 2.24) is 4.98 Å². The Hall–Kier alpha value is -1.10. The van der Waals surface area contributed by atoms with Crippen LogP contribution in [0.25, 0.3) is 0 Å². The van der Waals surface area contributed by atoms with E-state index in [0.717, 1.165) is 10.0 Å². The van der Waals surface area contributed by atoms with Crippen molar-refractivity contribution in [2.45, 2.75) is 13.0 Å². The Morgan fingerprint density at radius 2 is 2.17 bits per heavy atom. The molecule has 5 heteroatoms. The molecule has 1 heterocycles. The third-order valence-corrected chi connectivity index (χ3v) is 3.20. The monoisotopic (exact) mass is 326 g/mol. The molecule has 1 atom stereocenters. The maximum atomic E-state index is 6.07. The van der Waals surface area contributed by atoms with Gasteiger partial charge in [-0.1, -0.05) is 33.6 Å². The minimum absolute atomic E-state index is 0.153. The molecule has 2 N–H and O–H groups in total. The maximum Gasteiger partial charge on any atom is 0.224 e. The first kappa shape index (κ1) is 13.3. The van der Waals surface area contributed by atoms with Crippen LogP contribution >= 0.6 is 27.5 Å². The Morgan fingerprint density at radius 3 is 2.89 bits per heavy atom. The van der Waals surface area contributed by atoms with Crippen molar-refractivity contribution < 1.29 is 4.74 Å². The number of nitrogens with two attached hydrogens (primary N) is 1. The largest absolute Gasteiger partial charge is 0.437 e. The lowest BCUT2D eigenvalue weighted by Crippen LogP contribution is -2.07. The summed E-state index contributed by atoms with van der Waals surface area (Å²) in [5, 5.41) is 0.527. The van der Waals surface area contributed by atoms with Gasteiger partial charge in [-0.3, -0.25) is 0 Å². The van der Waals surface area contributed by atoms with E-state index in [2.05, 4.69) is 20.9 Å². The average Bonchev–Trinajstić information content (AvgIpc) is 2.34. The molecule has 3 nitrogen and oxygen atoms in total. The summed E-state index contributed by atoms with van der Waals surface area (Å²) in [4.78, 5) is 4.19. The summed E-state index contributed by atoms with van der Waals surface area (Å²) >= 11 is 9.45. The van der Waals surface area contributed by atoms with Crippen molar-refractivity contribution in [1.29, 1.82) is 0 Å². The topological polar surface area (TPSA) is 48.1 Å². The van der Waals surface area contributed by atoms with Gasteiger partial charge in [-0.25, -0.2) is 4.98 Å². The molecule has 1 aromatic heterocycles. The molecule has 0 aliphatic heterocycles. The lowest BCUT2D eigenvalue weighted by molar-refractivity contribution is 0.452. The molecule has 0 spiro atoms. The van der Waals surface area contributed by atoms with Gasteiger partial charge in [-0.15, -0.1) is 0 Å². The second-order valence-electron chi connectivity index (χ2n) is 3.86. The number of ether oxygens (including phenoxy) is 1. The molecule has 2 rings (SSSR count). The van der Waals surface area contributed by atoms with Crippen LogP contribution in [0.5, 0.6) is 11.6 Å². The van der Waals surface area contributed by atoms with E-state index in [1.165, 1.54) is 0 Å². The number of halogens is 2. The summed E-state index contributed by atoms with van der Waals surface area (Å²) in [5.41, 5.74) is 6.72. The summed E-state index contributed by atoms with van der Waals surface area (Å²) in [7, 11) is 0. The summed E-state index contributed by atoms with van der Waals surface area (Å²) in [6.07, 6.45) is 1.66. The van der Waals surface area contributed by atoms with Gasteiger partial charge < -0.3 is 10.5 Å². The zero-order valence-corrected chi connectivity index (χ0v) is 12.1. The lowest BCUT2D eigenvalue weighted by atomic mass is 10.1. The standard InChI is InChI=1S/C13H12BrClN2O/c1-8(16)10-3-2-6-17-13(10)18-12-7-9(14)4-5-11(12)15/h2-8H,16H2,1H3/t8-/m0/s1. The minimum Gasteiger partial charge on any atom is -0.437 e. The number of nitrogens with zero attached hydrogens (tertiary/aromatic N) is 1. The van der Waals surface area contributed by atoms with E-state index in [1.54, 1.807) is 18.3 Å². The number of rotatable bonds is 3. The SMILES string of the molecule is C[C@H](N)c1cccnc1Oc1cc(Br)ccc1Cl. The van der Waals surface area contributed by atoms with Crippen LogP contribution in [0, 0.1) is 0 Å². The Balaban J connectivity index is 2.37. The van der Waals surface area contributed by atoms with Crippen molar-refractivity contribution in [2.24, 2.45) is 5.73 Å². The zero-order valence-electron chi connectivity index (χ0n) is 9.73. The van der Waals surface area contributed by atoms with Gasteiger partial charge in [-0.2, -0.15) is 0 Å². The second kappa shape index (κ2) is 5.69. The van der Waals surface area contributed by atoms with Crippen molar-refractivity contribution in [3.05, 3.63) is 51.6 Å². The van der Waals surface area contributed by atoms with E-state index in [1.807, 2.05) is 25.1 Å². The molecular formula is C13H12BrClN2O. The molecule has 0 bridgehead atoms. The van der Waals surface area contributed by atoms with E-state index in [9.17, 15) is 0 Å². The van der Waals surface area contributed by atoms with Gasteiger partial charge >= 0.3 is 0 Å². The molecule has 0 saturated heterocycles. The molecule has 0 saturated carbocycles. The summed E-state index contributed by atoms with van der Waals surface area (Å²) in [6, 6.07) is 8.96. The van der Waals surface area contributed by atoms with Crippen LogP contribution in [-0.2, 0) is 0 Å². The molecule has 18 heavy (non-hydrogen) atoms. The predicted octanol–water partition coefficient (Wildman–Crippen LogP) is 4.31. The Labute approximate surface area is 119 Å². The Bertz CT molecular complexity index is 560. The van der Waals surface area contributed by atoms with Crippen molar-refractivity contribution in [3.63, 3.8) is 0 Å². The molecule has 0 unspecified atom stereocenters. The highest BCUT2D eigenvalue weighted by Gasteiger charge is 2.11. The van der Waals surface area contributed by atoms with Gasteiger partial charge in [0.05, 0.1) is 5.02 Å². The molecular weight excluding hydrogens is 316 g/mol. The third kappa shape index (κ3) is 3.02. The molecule has 0 fully saturated rings. The van der Waals surface area contributed by atoms with Crippen LogP contribution in [-0.4, -0.2) is 4.98 Å². The van der Waals surface area contributed by atoms with Crippen LogP contribution in [0.15, 0.2) is 41.0 Å². The Morgan fingerprint density at radius 1 is 1.39 bits per heavy atom. The van der Waals surface area contributed by atoms with E-state index in [-0.39, 0.29) is 6.04 Å². The molecule has 94 valence electrons. The number of hydrogen-bond donors (Lipinski definition) is 1. The predicted molar refractivity (Wildman–Crippen MR) is 76.1 cm³/mol. The zero-order chi connectivity index (χ0) is 13.1. The van der Waals surface area contributed by atoms with Gasteiger partial charge in [0, 0.05) is 22.3 Å². The maximum absolute atomic E-state index is 6.07. The highest BCUT2D eigenvalue weighted by Crippen LogP contribution is 2.33. The van der Waals surface area contributed by atoms with Gasteiger partial charge in [0.15, 0.2) is 0 Å². The van der Waals surface area contributed by atoms with Crippen LogP contribution in [0.4, 0.5) is 0 Å². The van der Waals surface area contributed by atoms with Crippen molar-refractivity contribution in [2.75, 3.05) is 0 Å². The number of aromatic nitrogens is 1. The van der Waals surface area contributed by atoms with E-state index >= 15 is 0 Å². The molecule has 2 aromatic rings. The van der Waals surface area contributed by atoms with E-state index in [4.69, 9.17) is 22.1 Å². The molecule has 0 radical (unpaired) electrons. The van der Waals surface area contributed by atoms with E-state index < -0.39 is 0 Å². The van der Waals surface area contributed by atoms with Crippen LogP contribution in [0.2, 0.25) is 5.02 Å². The third-order valence-electron chi connectivity index (χ3n) is 2.39.